The Morgan fingerprint density at radius 3 is 2.08 bits per heavy atom. The molecule has 0 spiro atoms. The summed E-state index contributed by atoms with van der Waals surface area (Å²) in [4.78, 5) is 12.7. The third-order valence-electron chi connectivity index (χ3n) is 4.18. The van der Waals surface area contributed by atoms with Crippen LogP contribution in [0.5, 0.6) is 0 Å². The van der Waals surface area contributed by atoms with Crippen LogP contribution >= 0.6 is 0 Å². The van der Waals surface area contributed by atoms with Crippen LogP contribution in [0.25, 0.3) is 0 Å². The van der Waals surface area contributed by atoms with Gasteiger partial charge in [0.15, 0.2) is 0 Å². The minimum atomic E-state index is -0.0549. The van der Waals surface area contributed by atoms with Crippen LogP contribution < -0.4 is 5.32 Å². The maximum atomic E-state index is 12.7. The highest BCUT2D eigenvalue weighted by atomic mass is 16.1. The number of nitrogens with one attached hydrogen (secondary N) is 1. The molecule has 0 aliphatic carbocycles. The molecule has 0 aromatic heterocycles. The minimum absolute atomic E-state index is 0.0297. The summed E-state index contributed by atoms with van der Waals surface area (Å²) in [5.41, 5.74) is 4.03. The van der Waals surface area contributed by atoms with E-state index in [2.05, 4.69) is 29.6 Å². The van der Waals surface area contributed by atoms with Gasteiger partial charge in [0.25, 0.3) is 5.91 Å². The third kappa shape index (κ3) is 3.90. The van der Waals surface area contributed by atoms with Crippen molar-refractivity contribution < 1.29 is 4.79 Å². The lowest BCUT2D eigenvalue weighted by molar-refractivity contribution is 0.0936. The van der Waals surface area contributed by atoms with Crippen LogP contribution in [0.4, 0.5) is 0 Å². The van der Waals surface area contributed by atoms with Gasteiger partial charge in [-0.25, -0.2) is 0 Å². The minimum Gasteiger partial charge on any atom is -0.345 e. The van der Waals surface area contributed by atoms with Gasteiger partial charge in [-0.3, -0.25) is 4.79 Å². The second-order valence-corrected chi connectivity index (χ2v) is 5.94. The molecule has 1 atom stereocenters. The van der Waals surface area contributed by atoms with Gasteiger partial charge in [0.2, 0.25) is 0 Å². The van der Waals surface area contributed by atoms with E-state index in [0.717, 1.165) is 23.1 Å². The lowest BCUT2D eigenvalue weighted by Crippen LogP contribution is -2.30. The van der Waals surface area contributed by atoms with Crippen molar-refractivity contribution >= 4 is 5.91 Å². The zero-order chi connectivity index (χ0) is 16.8. The van der Waals surface area contributed by atoms with Crippen LogP contribution in [0, 0.1) is 6.92 Å². The van der Waals surface area contributed by atoms with E-state index in [1.54, 1.807) is 0 Å². The van der Waals surface area contributed by atoms with E-state index < -0.39 is 0 Å². The Balaban J connectivity index is 1.85. The Morgan fingerprint density at radius 1 is 0.833 bits per heavy atom. The average molecular weight is 315 g/mol. The second-order valence-electron chi connectivity index (χ2n) is 5.94. The molecule has 0 saturated heterocycles. The first-order chi connectivity index (χ1) is 11.7. The van der Waals surface area contributed by atoms with E-state index in [9.17, 15) is 4.79 Å². The SMILES string of the molecule is Cc1ccccc1C(=O)NC(Cc1ccccc1)c1ccccc1. The monoisotopic (exact) mass is 315 g/mol. The van der Waals surface area contributed by atoms with Gasteiger partial charge in [-0.05, 0) is 36.1 Å². The molecule has 24 heavy (non-hydrogen) atoms. The van der Waals surface area contributed by atoms with Crippen molar-refractivity contribution in [1.82, 2.24) is 5.32 Å². The Hall–Kier alpha value is -2.87. The highest BCUT2D eigenvalue weighted by Crippen LogP contribution is 2.19. The molecular weight excluding hydrogens is 294 g/mol. The molecule has 0 heterocycles. The number of amides is 1. The van der Waals surface area contributed by atoms with Gasteiger partial charge in [-0.2, -0.15) is 0 Å². The first-order valence-corrected chi connectivity index (χ1v) is 8.19. The van der Waals surface area contributed by atoms with E-state index in [0.29, 0.717) is 0 Å². The van der Waals surface area contributed by atoms with E-state index in [1.807, 2.05) is 67.6 Å². The summed E-state index contributed by atoms with van der Waals surface area (Å²) < 4.78 is 0. The van der Waals surface area contributed by atoms with Crippen LogP contribution in [-0.2, 0) is 6.42 Å². The Bertz CT molecular complexity index is 796. The average Bonchev–Trinajstić information content (AvgIpc) is 2.63. The van der Waals surface area contributed by atoms with Crippen LogP contribution in [0.15, 0.2) is 84.9 Å². The summed E-state index contributed by atoms with van der Waals surface area (Å²) in [5.74, 6) is -0.0297. The summed E-state index contributed by atoms with van der Waals surface area (Å²) >= 11 is 0. The number of carbonyl (C=O) groups is 1. The van der Waals surface area contributed by atoms with Crippen LogP contribution in [0.1, 0.15) is 33.1 Å². The standard InChI is InChI=1S/C22H21NO/c1-17-10-8-9-15-20(17)22(24)23-21(19-13-6-3-7-14-19)16-18-11-4-2-5-12-18/h2-15,21H,16H2,1H3,(H,23,24). The largest absolute Gasteiger partial charge is 0.345 e. The number of carbonyl (C=O) groups excluding carboxylic acids is 1. The quantitative estimate of drug-likeness (QED) is 0.726. The predicted molar refractivity (Wildman–Crippen MR) is 98.0 cm³/mol. The molecule has 1 N–H and O–H groups in total. The van der Waals surface area contributed by atoms with Crippen molar-refractivity contribution in [3.8, 4) is 0 Å². The topological polar surface area (TPSA) is 29.1 Å². The smallest absolute Gasteiger partial charge is 0.252 e. The molecule has 2 nitrogen and oxygen atoms in total. The van der Waals surface area contributed by atoms with Crippen LogP contribution in [0.2, 0.25) is 0 Å². The molecule has 0 radical (unpaired) electrons. The van der Waals surface area contributed by atoms with Crippen molar-refractivity contribution in [2.24, 2.45) is 0 Å². The fourth-order valence-electron chi connectivity index (χ4n) is 2.85. The number of aryl methyl sites for hydroxylation is 1. The van der Waals surface area contributed by atoms with Gasteiger partial charge < -0.3 is 5.32 Å². The van der Waals surface area contributed by atoms with Gasteiger partial charge in [0, 0.05) is 5.56 Å². The summed E-state index contributed by atoms with van der Waals surface area (Å²) in [6.45, 7) is 1.96. The van der Waals surface area contributed by atoms with Crippen molar-refractivity contribution in [2.75, 3.05) is 0 Å². The van der Waals surface area contributed by atoms with Gasteiger partial charge >= 0.3 is 0 Å². The molecule has 0 aliphatic heterocycles. The molecular formula is C22H21NO. The van der Waals surface area contributed by atoms with Crippen LogP contribution in [0.3, 0.4) is 0 Å². The lowest BCUT2D eigenvalue weighted by Gasteiger charge is -2.20. The molecule has 0 saturated carbocycles. The molecule has 3 aromatic rings. The first kappa shape index (κ1) is 16.0. The maximum Gasteiger partial charge on any atom is 0.252 e. The van der Waals surface area contributed by atoms with E-state index in [-0.39, 0.29) is 11.9 Å². The summed E-state index contributed by atoms with van der Waals surface area (Å²) in [7, 11) is 0. The van der Waals surface area contributed by atoms with Crippen molar-refractivity contribution in [1.29, 1.82) is 0 Å². The second kappa shape index (κ2) is 7.60. The number of benzene rings is 3. The molecule has 2 heteroatoms. The van der Waals surface area contributed by atoms with Crippen LogP contribution in [-0.4, -0.2) is 5.91 Å². The van der Waals surface area contributed by atoms with Crippen molar-refractivity contribution in [3.63, 3.8) is 0 Å². The molecule has 0 fully saturated rings. The van der Waals surface area contributed by atoms with E-state index in [4.69, 9.17) is 0 Å². The molecule has 0 aliphatic rings. The Morgan fingerprint density at radius 2 is 1.42 bits per heavy atom. The summed E-state index contributed by atoms with van der Waals surface area (Å²) in [6, 6.07) is 28.0. The summed E-state index contributed by atoms with van der Waals surface area (Å²) in [5, 5.41) is 3.20. The van der Waals surface area contributed by atoms with Crippen molar-refractivity contribution in [2.45, 2.75) is 19.4 Å². The van der Waals surface area contributed by atoms with Gasteiger partial charge in [-0.1, -0.05) is 78.9 Å². The molecule has 3 aromatic carbocycles. The predicted octanol–water partition coefficient (Wildman–Crippen LogP) is 4.71. The highest BCUT2D eigenvalue weighted by Gasteiger charge is 2.17. The number of hydrogen-bond donors (Lipinski definition) is 1. The Kier molecular flexibility index (Phi) is 5.07. The maximum absolute atomic E-state index is 12.7. The number of rotatable bonds is 5. The molecule has 0 bridgehead atoms. The van der Waals surface area contributed by atoms with E-state index in [1.165, 1.54) is 5.56 Å². The first-order valence-electron chi connectivity index (χ1n) is 8.19. The van der Waals surface area contributed by atoms with E-state index >= 15 is 0 Å². The molecule has 120 valence electrons. The van der Waals surface area contributed by atoms with Crippen molar-refractivity contribution in [3.05, 3.63) is 107 Å². The number of hydrogen-bond acceptors (Lipinski definition) is 1. The zero-order valence-electron chi connectivity index (χ0n) is 13.8. The lowest BCUT2D eigenvalue weighted by atomic mass is 9.98. The molecule has 3 rings (SSSR count). The highest BCUT2D eigenvalue weighted by molar-refractivity contribution is 5.95. The third-order valence-corrected chi connectivity index (χ3v) is 4.18. The zero-order valence-corrected chi connectivity index (χ0v) is 13.8. The Labute approximate surface area is 143 Å². The normalized spacial score (nSPS) is 11.7. The summed E-state index contributed by atoms with van der Waals surface area (Å²) in [6.07, 6.45) is 0.766. The van der Waals surface area contributed by atoms with Gasteiger partial charge in [-0.15, -0.1) is 0 Å². The van der Waals surface area contributed by atoms with Gasteiger partial charge in [0.1, 0.15) is 0 Å². The fraction of sp³-hybridized carbons (Fsp3) is 0.136. The molecule has 1 unspecified atom stereocenters. The molecule has 1 amide bonds. The van der Waals surface area contributed by atoms with Gasteiger partial charge in [0.05, 0.1) is 6.04 Å². The fourth-order valence-corrected chi connectivity index (χ4v) is 2.85.